The molecule has 0 aromatic carbocycles. The van der Waals surface area contributed by atoms with Crippen LogP contribution in [0.1, 0.15) is 61.5 Å². The van der Waals surface area contributed by atoms with Crippen molar-refractivity contribution in [1.29, 1.82) is 0 Å². The van der Waals surface area contributed by atoms with Gasteiger partial charge in [0.25, 0.3) is 5.56 Å². The predicted molar refractivity (Wildman–Crippen MR) is 105 cm³/mol. The molecular formula is C19H22ClN5O2. The van der Waals surface area contributed by atoms with Crippen molar-refractivity contribution in [1.82, 2.24) is 14.5 Å². The summed E-state index contributed by atoms with van der Waals surface area (Å²) < 4.78 is 1.65. The minimum absolute atomic E-state index is 0.0499. The van der Waals surface area contributed by atoms with Gasteiger partial charge in [0.2, 0.25) is 0 Å². The Morgan fingerprint density at radius 2 is 2.00 bits per heavy atom. The molecule has 2 aliphatic rings. The molecule has 3 N–H and O–H groups in total. The van der Waals surface area contributed by atoms with Gasteiger partial charge in [-0.15, -0.1) is 0 Å². The summed E-state index contributed by atoms with van der Waals surface area (Å²) >= 11 is 6.44. The summed E-state index contributed by atoms with van der Waals surface area (Å²) in [6.07, 6.45) is 7.14. The number of fused-ring (bicyclic) bond motifs is 2. The molecule has 3 heterocycles. The first-order valence-electron chi connectivity index (χ1n) is 9.32. The molecule has 7 nitrogen and oxygen atoms in total. The maximum atomic E-state index is 13.3. The fourth-order valence-electron chi connectivity index (χ4n) is 4.47. The number of aromatic nitrogens is 3. The number of ketones is 1. The number of halogens is 1. The number of carbonyl (C=O) groups excluding carboxylic acids is 1. The summed E-state index contributed by atoms with van der Waals surface area (Å²) in [4.78, 5) is 34.2. The number of nitrogen functional groups attached to an aromatic ring is 1. The molecule has 4 rings (SSSR count). The third-order valence-electron chi connectivity index (χ3n) is 5.75. The fourth-order valence-corrected chi connectivity index (χ4v) is 4.77. The quantitative estimate of drug-likeness (QED) is 0.836. The van der Waals surface area contributed by atoms with E-state index in [1.54, 1.807) is 4.57 Å². The molecular weight excluding hydrogens is 366 g/mol. The lowest BCUT2D eigenvalue weighted by molar-refractivity contribution is 0.0950. The summed E-state index contributed by atoms with van der Waals surface area (Å²) in [6, 6.07) is 1.52. The average Bonchev–Trinajstić information content (AvgIpc) is 2.92. The number of hydrogen-bond acceptors (Lipinski definition) is 6. The highest BCUT2D eigenvalue weighted by Crippen LogP contribution is 2.44. The van der Waals surface area contributed by atoms with Crippen LogP contribution in [-0.4, -0.2) is 20.3 Å². The molecule has 0 saturated heterocycles. The Morgan fingerprint density at radius 3 is 2.70 bits per heavy atom. The standard InChI is InChI=1S/C19H22ClN5O2/c1-2-11-16(21)22-10-23-17(11)24-13-8-12(20)15-14(26)9-19(25(15)18(13)27)6-4-3-5-7-19/h8,10H,2-7,9H2,1H3,(H3,21,22,23,24). The second-order valence-corrected chi connectivity index (χ2v) is 7.75. The van der Waals surface area contributed by atoms with E-state index in [0.717, 1.165) is 37.7 Å². The van der Waals surface area contributed by atoms with Gasteiger partial charge in [-0.05, 0) is 25.3 Å². The van der Waals surface area contributed by atoms with E-state index in [4.69, 9.17) is 17.3 Å². The maximum absolute atomic E-state index is 13.3. The summed E-state index contributed by atoms with van der Waals surface area (Å²) in [5.41, 5.74) is 6.63. The van der Waals surface area contributed by atoms with E-state index in [2.05, 4.69) is 15.3 Å². The molecule has 0 unspecified atom stereocenters. The van der Waals surface area contributed by atoms with E-state index >= 15 is 0 Å². The van der Waals surface area contributed by atoms with Gasteiger partial charge in [0.1, 0.15) is 29.3 Å². The number of nitrogens with zero attached hydrogens (tertiary/aromatic N) is 3. The molecule has 1 saturated carbocycles. The minimum Gasteiger partial charge on any atom is -0.383 e. The lowest BCUT2D eigenvalue weighted by atomic mass is 9.80. The van der Waals surface area contributed by atoms with Crippen molar-refractivity contribution in [3.05, 3.63) is 39.0 Å². The molecule has 2 aromatic heterocycles. The molecule has 0 atom stereocenters. The Bertz CT molecular complexity index is 979. The molecule has 0 amide bonds. The van der Waals surface area contributed by atoms with Crippen LogP contribution >= 0.6 is 11.6 Å². The largest absolute Gasteiger partial charge is 0.383 e. The van der Waals surface area contributed by atoms with E-state index in [9.17, 15) is 9.59 Å². The monoisotopic (exact) mass is 387 g/mol. The molecule has 0 bridgehead atoms. The van der Waals surface area contributed by atoms with Crippen molar-refractivity contribution >= 4 is 34.7 Å². The van der Waals surface area contributed by atoms with Crippen LogP contribution < -0.4 is 16.6 Å². The number of nitrogens with two attached hydrogens (primary N) is 1. The van der Waals surface area contributed by atoms with E-state index in [-0.39, 0.29) is 11.3 Å². The summed E-state index contributed by atoms with van der Waals surface area (Å²) in [5, 5.41) is 3.38. The Hall–Kier alpha value is -2.41. The first-order valence-corrected chi connectivity index (χ1v) is 9.70. The third kappa shape index (κ3) is 2.81. The highest BCUT2D eigenvalue weighted by atomic mass is 35.5. The zero-order valence-corrected chi connectivity index (χ0v) is 16.0. The topological polar surface area (TPSA) is 103 Å². The van der Waals surface area contributed by atoms with Gasteiger partial charge in [0.05, 0.1) is 10.6 Å². The fraction of sp³-hybridized carbons (Fsp3) is 0.474. The molecule has 8 heteroatoms. The van der Waals surface area contributed by atoms with E-state index in [0.29, 0.717) is 40.9 Å². The third-order valence-corrected chi connectivity index (χ3v) is 6.04. The number of anilines is 3. The normalized spacial score (nSPS) is 17.9. The second kappa shape index (κ2) is 6.64. The number of hydrogen-bond donors (Lipinski definition) is 2. The van der Waals surface area contributed by atoms with Crippen molar-refractivity contribution in [2.75, 3.05) is 11.1 Å². The molecule has 1 fully saturated rings. The van der Waals surface area contributed by atoms with Gasteiger partial charge in [-0.1, -0.05) is 37.8 Å². The van der Waals surface area contributed by atoms with Crippen molar-refractivity contribution in [3.63, 3.8) is 0 Å². The zero-order valence-electron chi connectivity index (χ0n) is 15.2. The minimum atomic E-state index is -0.443. The van der Waals surface area contributed by atoms with Crippen molar-refractivity contribution < 1.29 is 4.79 Å². The first-order chi connectivity index (χ1) is 13.0. The molecule has 1 aliphatic heterocycles. The van der Waals surface area contributed by atoms with Crippen molar-refractivity contribution in [2.45, 2.75) is 57.4 Å². The number of rotatable bonds is 3. The predicted octanol–water partition coefficient (Wildman–Crippen LogP) is 3.43. The SMILES string of the molecule is CCc1c(N)ncnc1Nc1cc(Cl)c2n(c1=O)C1(CCCCC1)CC2=O. The second-order valence-electron chi connectivity index (χ2n) is 7.34. The highest BCUT2D eigenvalue weighted by molar-refractivity contribution is 6.34. The average molecular weight is 388 g/mol. The summed E-state index contributed by atoms with van der Waals surface area (Å²) in [7, 11) is 0. The van der Waals surface area contributed by atoms with Crippen LogP contribution in [0.25, 0.3) is 0 Å². The van der Waals surface area contributed by atoms with Gasteiger partial charge in [-0.2, -0.15) is 0 Å². The number of nitrogens with one attached hydrogen (secondary N) is 1. The number of Topliss-reactive ketones (excluding diaryl/α,β-unsaturated/α-hetero) is 1. The van der Waals surface area contributed by atoms with E-state index in [1.807, 2.05) is 6.92 Å². The summed E-state index contributed by atoms with van der Waals surface area (Å²) in [6.45, 7) is 1.94. The molecule has 0 radical (unpaired) electrons. The van der Waals surface area contributed by atoms with Gasteiger partial charge in [0.15, 0.2) is 5.78 Å². The van der Waals surface area contributed by atoms with Crippen molar-refractivity contribution in [3.8, 4) is 0 Å². The smallest absolute Gasteiger partial charge is 0.275 e. The Balaban J connectivity index is 1.85. The van der Waals surface area contributed by atoms with Crippen LogP contribution in [0.15, 0.2) is 17.2 Å². The van der Waals surface area contributed by atoms with Crippen LogP contribution in [-0.2, 0) is 12.0 Å². The highest BCUT2D eigenvalue weighted by Gasteiger charge is 2.46. The zero-order chi connectivity index (χ0) is 19.2. The molecule has 2 aromatic rings. The van der Waals surface area contributed by atoms with Crippen molar-refractivity contribution in [2.24, 2.45) is 0 Å². The van der Waals surface area contributed by atoms with Crippen LogP contribution in [0.3, 0.4) is 0 Å². The van der Waals surface area contributed by atoms with Gasteiger partial charge in [0, 0.05) is 12.0 Å². The van der Waals surface area contributed by atoms with Gasteiger partial charge in [-0.25, -0.2) is 9.97 Å². The molecule has 142 valence electrons. The maximum Gasteiger partial charge on any atom is 0.275 e. The number of carbonyl (C=O) groups is 1. The van der Waals surface area contributed by atoms with Crippen LogP contribution in [0, 0.1) is 0 Å². The molecule has 1 spiro atoms. The molecule has 27 heavy (non-hydrogen) atoms. The Labute approximate surface area is 162 Å². The molecule has 1 aliphatic carbocycles. The van der Waals surface area contributed by atoms with E-state index < -0.39 is 5.54 Å². The first kappa shape index (κ1) is 18.0. The van der Waals surface area contributed by atoms with Crippen LogP contribution in [0.2, 0.25) is 5.02 Å². The lowest BCUT2D eigenvalue weighted by Crippen LogP contribution is -2.40. The Kier molecular flexibility index (Phi) is 4.42. The van der Waals surface area contributed by atoms with Crippen LogP contribution in [0.5, 0.6) is 0 Å². The van der Waals surface area contributed by atoms with Crippen LogP contribution in [0.4, 0.5) is 17.3 Å². The van der Waals surface area contributed by atoms with Gasteiger partial charge in [-0.3, -0.25) is 14.2 Å². The van der Waals surface area contributed by atoms with E-state index in [1.165, 1.54) is 12.4 Å². The number of pyridine rings is 1. The Morgan fingerprint density at radius 1 is 1.26 bits per heavy atom. The van der Waals surface area contributed by atoms with Gasteiger partial charge >= 0.3 is 0 Å². The lowest BCUT2D eigenvalue weighted by Gasteiger charge is -2.35. The summed E-state index contributed by atoms with van der Waals surface area (Å²) in [5.74, 6) is 0.813. The van der Waals surface area contributed by atoms with Gasteiger partial charge < -0.3 is 11.1 Å².